The Labute approximate surface area is 90.8 Å². The van der Waals surface area contributed by atoms with Crippen molar-refractivity contribution in [1.82, 2.24) is 9.71 Å². The largest absolute Gasteiger partial charge is 0.436 e. The summed E-state index contributed by atoms with van der Waals surface area (Å²) in [7, 11) is 0. The molecule has 0 fully saturated rings. The molecule has 1 aromatic carbocycles. The standard InChI is InChI=1S/C9H7N2O.Ir/c12-11-7-6-10-9(11)8-4-2-1-3-5-8;/h1-4,6-7,12H;/q-1;/i12D;. The SMILES string of the molecule is [2H]On1ccnc1-c1[c-]cccc1.[Ir]. The second-order valence-corrected chi connectivity index (χ2v) is 2.35. The number of hydrogen-bond donors (Lipinski definition) is 1. The van der Waals surface area contributed by atoms with Gasteiger partial charge in [0.2, 0.25) is 0 Å². The summed E-state index contributed by atoms with van der Waals surface area (Å²) in [6.07, 6.45) is 3.15. The van der Waals surface area contributed by atoms with Crippen LogP contribution in [0, 0.1) is 6.07 Å². The Kier molecular flexibility index (Phi) is 2.75. The van der Waals surface area contributed by atoms with Gasteiger partial charge in [0.1, 0.15) is 0 Å². The van der Waals surface area contributed by atoms with Crippen LogP contribution in [0.25, 0.3) is 11.4 Å². The Bertz CT molecular complexity index is 391. The van der Waals surface area contributed by atoms with E-state index < -0.39 is 0 Å². The van der Waals surface area contributed by atoms with E-state index in [0.717, 1.165) is 5.56 Å². The van der Waals surface area contributed by atoms with Gasteiger partial charge >= 0.3 is 1.43 Å². The Morgan fingerprint density at radius 3 is 3.15 bits per heavy atom. The molecule has 0 saturated carbocycles. The minimum absolute atomic E-state index is 0. The van der Waals surface area contributed by atoms with Crippen LogP contribution in [0.2, 0.25) is 1.43 Å². The third-order valence-electron chi connectivity index (χ3n) is 1.56. The van der Waals surface area contributed by atoms with Crippen LogP contribution in [0.4, 0.5) is 0 Å². The Morgan fingerprint density at radius 1 is 1.54 bits per heavy atom. The van der Waals surface area contributed by atoms with E-state index in [9.17, 15) is 0 Å². The van der Waals surface area contributed by atoms with Crippen LogP contribution in [-0.4, -0.2) is 14.9 Å². The average molecular weight is 352 g/mol. The molecule has 13 heavy (non-hydrogen) atoms. The number of benzene rings is 1. The fourth-order valence-corrected chi connectivity index (χ4v) is 1.01. The van der Waals surface area contributed by atoms with E-state index in [-0.39, 0.29) is 20.1 Å². The van der Waals surface area contributed by atoms with Crippen molar-refractivity contribution in [2.45, 2.75) is 0 Å². The summed E-state index contributed by atoms with van der Waals surface area (Å²) < 4.78 is 8.03. The first-order valence-electron chi connectivity index (χ1n) is 3.97. The molecule has 2 aromatic rings. The van der Waals surface area contributed by atoms with E-state index >= 15 is 0 Å². The number of aromatic nitrogens is 2. The average Bonchev–Trinajstić information content (AvgIpc) is 2.67. The smallest absolute Gasteiger partial charge is 0.326 e. The third-order valence-corrected chi connectivity index (χ3v) is 1.56. The van der Waals surface area contributed by atoms with Crippen molar-refractivity contribution in [2.75, 3.05) is 0 Å². The molecule has 2 rings (SSSR count). The summed E-state index contributed by atoms with van der Waals surface area (Å²) >= 11 is 0. The van der Waals surface area contributed by atoms with E-state index in [1.807, 2.05) is 18.2 Å². The van der Waals surface area contributed by atoms with E-state index in [2.05, 4.69) is 16.3 Å². The molecule has 1 N–H and O–H groups in total. The molecule has 3 nitrogen and oxygen atoms in total. The van der Waals surface area contributed by atoms with Gasteiger partial charge < -0.3 is 5.21 Å². The monoisotopic (exact) mass is 353 g/mol. The van der Waals surface area contributed by atoms with Crippen LogP contribution < -0.4 is 0 Å². The maximum Gasteiger partial charge on any atom is 0.326 e. The zero-order valence-electron chi connectivity index (χ0n) is 7.60. The molecule has 1 aromatic heterocycles. The van der Waals surface area contributed by atoms with Crippen molar-refractivity contribution in [3.05, 3.63) is 42.7 Å². The van der Waals surface area contributed by atoms with Crippen LogP contribution >= 0.6 is 0 Å². The zero-order valence-corrected chi connectivity index (χ0v) is 9.00. The van der Waals surface area contributed by atoms with Crippen LogP contribution in [0.15, 0.2) is 36.7 Å². The molecule has 1 radical (unpaired) electrons. The fourth-order valence-electron chi connectivity index (χ4n) is 1.01. The van der Waals surface area contributed by atoms with Crippen molar-refractivity contribution < 1.29 is 26.7 Å². The van der Waals surface area contributed by atoms with Gasteiger partial charge in [-0.3, -0.25) is 4.98 Å². The maximum atomic E-state index is 6.76. The molecule has 4 heteroatoms. The molecule has 0 bridgehead atoms. The van der Waals surface area contributed by atoms with Crippen molar-refractivity contribution >= 4 is 0 Å². The normalized spacial score (nSPS) is 10.0. The molecule has 1 heterocycles. The first kappa shape index (κ1) is 8.48. The van der Waals surface area contributed by atoms with Gasteiger partial charge in [-0.1, -0.05) is 0 Å². The number of nitrogens with zero attached hydrogens (tertiary/aromatic N) is 2. The van der Waals surface area contributed by atoms with E-state index in [1.165, 1.54) is 4.73 Å². The molecule has 0 aliphatic carbocycles. The van der Waals surface area contributed by atoms with Gasteiger partial charge in [0, 0.05) is 26.3 Å². The Hall–Kier alpha value is -1.12. The molecule has 0 spiro atoms. The van der Waals surface area contributed by atoms with Crippen molar-refractivity contribution in [3.63, 3.8) is 0 Å². The molecule has 0 aliphatic rings. The molecule has 0 unspecified atom stereocenters. The summed E-state index contributed by atoms with van der Waals surface area (Å²) in [4.78, 5) is 4.04. The molecular weight excluding hydrogens is 344 g/mol. The quantitative estimate of drug-likeness (QED) is 0.658. The van der Waals surface area contributed by atoms with Crippen LogP contribution in [0.3, 0.4) is 0 Å². The van der Waals surface area contributed by atoms with Crippen molar-refractivity contribution in [3.8, 4) is 11.4 Å². The van der Waals surface area contributed by atoms with Gasteiger partial charge in [0.25, 0.3) is 0 Å². The Morgan fingerprint density at radius 2 is 2.46 bits per heavy atom. The van der Waals surface area contributed by atoms with Gasteiger partial charge in [0.05, 0.1) is 12.0 Å². The van der Waals surface area contributed by atoms with Gasteiger partial charge in [-0.2, -0.15) is 0 Å². The van der Waals surface area contributed by atoms with Crippen LogP contribution in [-0.2, 0) is 20.1 Å². The summed E-state index contributed by atoms with van der Waals surface area (Å²) in [5.41, 5.74) is 0.805. The minimum Gasteiger partial charge on any atom is -0.436 e. The number of imidazole rings is 1. The van der Waals surface area contributed by atoms with E-state index in [1.54, 1.807) is 18.5 Å². The second kappa shape index (κ2) is 4.21. The molecule has 0 aliphatic heterocycles. The molecule has 0 saturated heterocycles. The molecule has 69 valence electrons. The van der Waals surface area contributed by atoms with Gasteiger partial charge in [-0.05, 0) is 0 Å². The topological polar surface area (TPSA) is 38.0 Å². The second-order valence-electron chi connectivity index (χ2n) is 2.35. The van der Waals surface area contributed by atoms with Crippen LogP contribution in [0.5, 0.6) is 0 Å². The first-order valence-corrected chi connectivity index (χ1v) is 3.56. The predicted molar refractivity (Wildman–Crippen MR) is 43.7 cm³/mol. The molecule has 0 amide bonds. The zero-order chi connectivity index (χ0) is 9.10. The molecule has 0 atom stereocenters. The number of hydrogen-bond acceptors (Lipinski definition) is 2. The van der Waals surface area contributed by atoms with Crippen LogP contribution in [0.1, 0.15) is 0 Å². The van der Waals surface area contributed by atoms with Crippen molar-refractivity contribution in [2.24, 2.45) is 0 Å². The summed E-state index contributed by atoms with van der Waals surface area (Å²) in [6, 6.07) is 10.4. The summed E-state index contributed by atoms with van der Waals surface area (Å²) in [5.74, 6) is 0.579. The summed E-state index contributed by atoms with van der Waals surface area (Å²) in [5, 5.41) is 4.32. The predicted octanol–water partition coefficient (Wildman–Crippen LogP) is 1.59. The fraction of sp³-hybridized carbons (Fsp3) is 0. The minimum atomic E-state index is 0. The first-order chi connectivity index (χ1) is 6.42. The third kappa shape index (κ3) is 1.97. The van der Waals surface area contributed by atoms with Gasteiger partial charge in [-0.25, -0.2) is 4.73 Å². The Balaban J connectivity index is 0.000000980. The molecular formula is C9H7IrN2O-. The van der Waals surface area contributed by atoms with E-state index in [4.69, 9.17) is 1.43 Å². The van der Waals surface area contributed by atoms with E-state index in [0.29, 0.717) is 5.82 Å². The maximum absolute atomic E-state index is 6.76. The van der Waals surface area contributed by atoms with Gasteiger partial charge in [0.15, 0.2) is 0 Å². The van der Waals surface area contributed by atoms with Gasteiger partial charge in [-0.15, -0.1) is 35.9 Å². The van der Waals surface area contributed by atoms with Crippen molar-refractivity contribution in [1.29, 1.82) is 0 Å². The summed E-state index contributed by atoms with van der Waals surface area (Å²) in [6.45, 7) is 0. The number of rotatable bonds is 2.